The van der Waals surface area contributed by atoms with Gasteiger partial charge in [-0.05, 0) is 59.5 Å². The maximum absolute atomic E-state index is 4.76. The molecule has 1 aliphatic heterocycles. The van der Waals surface area contributed by atoms with E-state index in [1.54, 1.807) is 0 Å². The van der Waals surface area contributed by atoms with Crippen LogP contribution in [-0.4, -0.2) is 16.5 Å². The van der Waals surface area contributed by atoms with Crippen LogP contribution in [0.5, 0.6) is 0 Å². The molecule has 1 aromatic heterocycles. The zero-order valence-corrected chi connectivity index (χ0v) is 13.4. The minimum Gasteiger partial charge on any atom is -0.341 e. The summed E-state index contributed by atoms with van der Waals surface area (Å²) >= 11 is 0. The Kier molecular flexibility index (Phi) is 3.13. The number of fused-ring (bicyclic) bond motifs is 2. The zero-order chi connectivity index (χ0) is 15.9. The lowest BCUT2D eigenvalue weighted by molar-refractivity contribution is 0.614. The molecule has 3 heteroatoms. The monoisotopic (exact) mass is 313 g/mol. The molecule has 2 N–H and O–H groups in total. The Balaban J connectivity index is 1.58. The van der Waals surface area contributed by atoms with E-state index in [0.29, 0.717) is 6.04 Å². The van der Waals surface area contributed by atoms with Crippen LogP contribution in [0, 0.1) is 0 Å². The molecule has 24 heavy (non-hydrogen) atoms. The fourth-order valence-corrected chi connectivity index (χ4v) is 3.66. The molecule has 0 saturated carbocycles. The van der Waals surface area contributed by atoms with Crippen LogP contribution in [0.1, 0.15) is 24.7 Å². The van der Waals surface area contributed by atoms with Gasteiger partial charge in [0.05, 0.1) is 17.1 Å². The van der Waals surface area contributed by atoms with Gasteiger partial charge in [0.25, 0.3) is 0 Å². The summed E-state index contributed by atoms with van der Waals surface area (Å²) in [7, 11) is 0. The molecule has 0 amide bonds. The molecule has 0 spiro atoms. The molecular formula is C21H19N3. The number of hydrogen-bond acceptors (Lipinski definition) is 2. The van der Waals surface area contributed by atoms with Crippen LogP contribution in [0.4, 0.5) is 0 Å². The Morgan fingerprint density at radius 1 is 0.875 bits per heavy atom. The Morgan fingerprint density at radius 3 is 2.58 bits per heavy atom. The van der Waals surface area contributed by atoms with Gasteiger partial charge in [-0.1, -0.05) is 42.5 Å². The van der Waals surface area contributed by atoms with Crippen LogP contribution in [0.3, 0.4) is 0 Å². The van der Waals surface area contributed by atoms with Gasteiger partial charge in [0.2, 0.25) is 0 Å². The first-order valence-corrected chi connectivity index (χ1v) is 8.59. The third-order valence-electron chi connectivity index (χ3n) is 4.97. The minimum atomic E-state index is 0.376. The number of imidazole rings is 1. The summed E-state index contributed by atoms with van der Waals surface area (Å²) in [6, 6.07) is 22.0. The van der Waals surface area contributed by atoms with Gasteiger partial charge in [0.1, 0.15) is 5.82 Å². The number of aromatic nitrogens is 2. The summed E-state index contributed by atoms with van der Waals surface area (Å²) in [4.78, 5) is 8.27. The Hall–Kier alpha value is -2.65. The number of hydrogen-bond donors (Lipinski definition) is 2. The average Bonchev–Trinajstić information content (AvgIpc) is 3.29. The molecule has 1 atom stereocenters. The van der Waals surface area contributed by atoms with Gasteiger partial charge in [-0.25, -0.2) is 4.98 Å². The molecule has 1 saturated heterocycles. The fraction of sp³-hybridized carbons (Fsp3) is 0.190. The number of rotatable bonds is 2. The van der Waals surface area contributed by atoms with Crippen molar-refractivity contribution in [1.29, 1.82) is 0 Å². The molecule has 3 aromatic carbocycles. The second kappa shape index (κ2) is 5.46. The summed E-state index contributed by atoms with van der Waals surface area (Å²) in [5.41, 5.74) is 4.63. The Bertz CT molecular complexity index is 1030. The van der Waals surface area contributed by atoms with Crippen LogP contribution >= 0.6 is 0 Å². The van der Waals surface area contributed by atoms with Crippen LogP contribution in [0.15, 0.2) is 60.7 Å². The predicted octanol–water partition coefficient (Wildman–Crippen LogP) is 4.81. The second-order valence-corrected chi connectivity index (χ2v) is 6.56. The molecule has 1 aliphatic rings. The molecule has 3 nitrogen and oxygen atoms in total. The SMILES string of the molecule is c1ccc2cc(-c3ccc4nc([C@@H]5CCCN5)[nH]c4c3)ccc2c1. The van der Waals surface area contributed by atoms with Gasteiger partial charge in [-0.3, -0.25) is 0 Å². The normalized spacial score (nSPS) is 17.8. The van der Waals surface area contributed by atoms with E-state index in [4.69, 9.17) is 4.98 Å². The smallest absolute Gasteiger partial charge is 0.124 e. The standard InChI is InChI=1S/C21H19N3/c1-2-5-15-12-16(8-7-14(15)4-1)17-9-10-18-20(13-17)24-21(23-18)19-6-3-11-22-19/h1-2,4-5,7-10,12-13,19,22H,3,6,11H2,(H,23,24)/t19-/m0/s1. The molecule has 118 valence electrons. The maximum Gasteiger partial charge on any atom is 0.124 e. The lowest BCUT2D eigenvalue weighted by Crippen LogP contribution is -2.13. The molecule has 2 heterocycles. The molecular weight excluding hydrogens is 294 g/mol. The summed E-state index contributed by atoms with van der Waals surface area (Å²) < 4.78 is 0. The van der Waals surface area contributed by atoms with Gasteiger partial charge in [-0.2, -0.15) is 0 Å². The van der Waals surface area contributed by atoms with Gasteiger partial charge in [-0.15, -0.1) is 0 Å². The van der Waals surface area contributed by atoms with Gasteiger partial charge >= 0.3 is 0 Å². The molecule has 5 rings (SSSR count). The highest BCUT2D eigenvalue weighted by Crippen LogP contribution is 2.28. The van der Waals surface area contributed by atoms with E-state index >= 15 is 0 Å². The molecule has 0 radical (unpaired) electrons. The first-order valence-electron chi connectivity index (χ1n) is 8.59. The van der Waals surface area contributed by atoms with Gasteiger partial charge < -0.3 is 10.3 Å². The zero-order valence-electron chi connectivity index (χ0n) is 13.4. The number of aromatic amines is 1. The highest BCUT2D eigenvalue weighted by molar-refractivity contribution is 5.89. The van der Waals surface area contributed by atoms with E-state index in [-0.39, 0.29) is 0 Å². The molecule has 0 aliphatic carbocycles. The van der Waals surface area contributed by atoms with Crippen molar-refractivity contribution >= 4 is 21.8 Å². The van der Waals surface area contributed by atoms with Crippen molar-refractivity contribution in [1.82, 2.24) is 15.3 Å². The third kappa shape index (κ3) is 2.29. The number of H-pyrrole nitrogens is 1. The summed E-state index contributed by atoms with van der Waals surface area (Å²) in [6.07, 6.45) is 2.39. The van der Waals surface area contributed by atoms with E-state index in [0.717, 1.165) is 29.8 Å². The van der Waals surface area contributed by atoms with E-state index in [2.05, 4.69) is 71.0 Å². The summed E-state index contributed by atoms with van der Waals surface area (Å²) in [6.45, 7) is 1.09. The maximum atomic E-state index is 4.76. The molecule has 4 aromatic rings. The first kappa shape index (κ1) is 13.8. The van der Waals surface area contributed by atoms with E-state index in [1.807, 2.05) is 0 Å². The highest BCUT2D eigenvalue weighted by Gasteiger charge is 2.19. The van der Waals surface area contributed by atoms with Crippen molar-refractivity contribution < 1.29 is 0 Å². The number of nitrogens with one attached hydrogen (secondary N) is 2. The van der Waals surface area contributed by atoms with Crippen molar-refractivity contribution in [3.05, 3.63) is 66.5 Å². The van der Waals surface area contributed by atoms with Gasteiger partial charge in [0.15, 0.2) is 0 Å². The first-order chi connectivity index (χ1) is 11.9. The largest absolute Gasteiger partial charge is 0.341 e. The Morgan fingerprint density at radius 2 is 1.71 bits per heavy atom. The lowest BCUT2D eigenvalue weighted by Gasteiger charge is -2.05. The van der Waals surface area contributed by atoms with Gasteiger partial charge in [0, 0.05) is 0 Å². The van der Waals surface area contributed by atoms with Crippen LogP contribution in [-0.2, 0) is 0 Å². The topological polar surface area (TPSA) is 40.7 Å². The average molecular weight is 313 g/mol. The fourth-order valence-electron chi connectivity index (χ4n) is 3.66. The predicted molar refractivity (Wildman–Crippen MR) is 99.0 cm³/mol. The van der Waals surface area contributed by atoms with E-state index < -0.39 is 0 Å². The third-order valence-corrected chi connectivity index (χ3v) is 4.97. The van der Waals surface area contributed by atoms with Crippen molar-refractivity contribution in [2.45, 2.75) is 18.9 Å². The van der Waals surface area contributed by atoms with Crippen molar-refractivity contribution in [2.75, 3.05) is 6.54 Å². The molecule has 1 fully saturated rings. The number of benzene rings is 3. The quantitative estimate of drug-likeness (QED) is 0.557. The van der Waals surface area contributed by atoms with Crippen molar-refractivity contribution in [3.8, 4) is 11.1 Å². The summed E-state index contributed by atoms with van der Waals surface area (Å²) in [5.74, 6) is 1.07. The second-order valence-electron chi connectivity index (χ2n) is 6.56. The van der Waals surface area contributed by atoms with Crippen molar-refractivity contribution in [2.24, 2.45) is 0 Å². The lowest BCUT2D eigenvalue weighted by atomic mass is 10.0. The molecule has 0 bridgehead atoms. The summed E-state index contributed by atoms with van der Waals surface area (Å²) in [5, 5.41) is 6.06. The number of nitrogens with zero attached hydrogens (tertiary/aromatic N) is 1. The van der Waals surface area contributed by atoms with Crippen LogP contribution in [0.2, 0.25) is 0 Å². The van der Waals surface area contributed by atoms with Crippen LogP contribution in [0.25, 0.3) is 32.9 Å². The molecule has 0 unspecified atom stereocenters. The minimum absolute atomic E-state index is 0.376. The Labute approximate surface area is 140 Å². The van der Waals surface area contributed by atoms with E-state index in [1.165, 1.54) is 28.3 Å². The van der Waals surface area contributed by atoms with Crippen LogP contribution < -0.4 is 5.32 Å². The van der Waals surface area contributed by atoms with E-state index in [9.17, 15) is 0 Å². The van der Waals surface area contributed by atoms with Crippen molar-refractivity contribution in [3.63, 3.8) is 0 Å². The highest BCUT2D eigenvalue weighted by atomic mass is 15.0.